The molecular formula is C23H40N7O7S+. The Morgan fingerprint density at radius 2 is 2.03 bits per heavy atom. The molecule has 2 aromatic rings. The Kier molecular flexibility index (Phi) is 11.1. The molecule has 3 rings (SSSR count). The Labute approximate surface area is 223 Å². The van der Waals surface area contributed by atoms with Crippen molar-refractivity contribution in [3.63, 3.8) is 0 Å². The predicted octanol–water partition coefficient (Wildman–Crippen LogP) is 2.11. The maximum absolute atomic E-state index is 12.6. The smallest absolute Gasteiger partial charge is 0.390 e. The molecule has 2 unspecified atom stereocenters. The molecule has 0 bridgehead atoms. The molecule has 38 heavy (non-hydrogen) atoms. The molecule has 2 aromatic heterocycles. The van der Waals surface area contributed by atoms with Crippen molar-refractivity contribution in [2.24, 2.45) is 0 Å². The highest BCUT2D eigenvalue weighted by molar-refractivity contribution is 7.86. The van der Waals surface area contributed by atoms with Crippen LogP contribution in [0.2, 0.25) is 0 Å². The number of hydrogen-bond acceptors (Lipinski definition) is 10. The van der Waals surface area contributed by atoms with Crippen LogP contribution in [0.4, 0.5) is 5.95 Å². The van der Waals surface area contributed by atoms with Gasteiger partial charge in [-0.25, -0.2) is 4.57 Å². The average molecular weight is 559 g/mol. The van der Waals surface area contributed by atoms with E-state index in [2.05, 4.69) is 36.1 Å². The summed E-state index contributed by atoms with van der Waals surface area (Å²) in [5, 5.41) is 19.7. The Balaban J connectivity index is 1.53. The first-order valence-electron chi connectivity index (χ1n) is 13.2. The topological polar surface area (TPSA) is 154 Å². The van der Waals surface area contributed by atoms with Crippen LogP contribution >= 0.6 is 0 Å². The summed E-state index contributed by atoms with van der Waals surface area (Å²) >= 11 is 0. The minimum atomic E-state index is -3.87. The molecule has 15 heteroatoms. The van der Waals surface area contributed by atoms with Crippen LogP contribution in [0.15, 0.2) is 18.6 Å². The van der Waals surface area contributed by atoms with Crippen molar-refractivity contribution >= 4 is 16.1 Å². The van der Waals surface area contributed by atoms with Crippen molar-refractivity contribution in [2.75, 3.05) is 38.6 Å². The molecule has 2 atom stereocenters. The van der Waals surface area contributed by atoms with Gasteiger partial charge in [0.05, 0.1) is 38.2 Å². The minimum absolute atomic E-state index is 0.000701. The fourth-order valence-electron chi connectivity index (χ4n) is 4.52. The first-order valence-corrected chi connectivity index (χ1v) is 14.8. The molecule has 0 aromatic carbocycles. The van der Waals surface area contributed by atoms with Crippen LogP contribution < -0.4 is 0 Å². The number of imidazole rings is 1. The first kappa shape index (κ1) is 30.1. The molecular weight excluding hydrogens is 518 g/mol. The summed E-state index contributed by atoms with van der Waals surface area (Å²) in [5.74, 6) is -0.565. The molecule has 14 nitrogen and oxygen atoms in total. The van der Waals surface area contributed by atoms with Crippen LogP contribution in [0.25, 0.3) is 0 Å². The number of hydrogen-bond donors (Lipinski definition) is 0. The zero-order valence-electron chi connectivity index (χ0n) is 22.5. The van der Waals surface area contributed by atoms with Crippen LogP contribution in [0.3, 0.4) is 0 Å². The van der Waals surface area contributed by atoms with Crippen LogP contribution in [0, 0.1) is 10.1 Å². The third-order valence-corrected chi connectivity index (χ3v) is 8.33. The zero-order chi connectivity index (χ0) is 27.6. The molecule has 1 fully saturated rings. The van der Waals surface area contributed by atoms with E-state index in [1.54, 1.807) is 4.68 Å². The maximum atomic E-state index is 12.6. The van der Waals surface area contributed by atoms with Gasteiger partial charge < -0.3 is 24.1 Å². The third kappa shape index (κ3) is 8.80. The fourth-order valence-corrected chi connectivity index (χ4v) is 5.47. The molecule has 1 aliphatic rings. The lowest BCUT2D eigenvalue weighted by Gasteiger charge is -2.34. The fraction of sp³-hybridized carbons (Fsp3) is 0.783. The number of aromatic nitrogens is 5. The van der Waals surface area contributed by atoms with Gasteiger partial charge in [0.25, 0.3) is 10.1 Å². The van der Waals surface area contributed by atoms with Gasteiger partial charge in [0, 0.05) is 13.2 Å². The van der Waals surface area contributed by atoms with E-state index >= 15 is 0 Å². The van der Waals surface area contributed by atoms with Gasteiger partial charge in [-0.2, -0.15) is 8.42 Å². The largest absolute Gasteiger partial charge is 0.434 e. The monoisotopic (exact) mass is 558 g/mol. The van der Waals surface area contributed by atoms with E-state index in [1.807, 2.05) is 6.20 Å². The molecule has 0 saturated carbocycles. The maximum Gasteiger partial charge on any atom is 0.434 e. The van der Waals surface area contributed by atoms with Gasteiger partial charge in [-0.1, -0.05) is 10.2 Å². The van der Waals surface area contributed by atoms with E-state index < -0.39 is 27.4 Å². The van der Waals surface area contributed by atoms with Gasteiger partial charge >= 0.3 is 5.95 Å². The molecule has 0 aliphatic carbocycles. The average Bonchev–Trinajstić information content (AvgIpc) is 3.56. The first-order chi connectivity index (χ1) is 18.2. The van der Waals surface area contributed by atoms with Gasteiger partial charge in [-0.05, 0) is 51.4 Å². The van der Waals surface area contributed by atoms with Crippen molar-refractivity contribution in [3.05, 3.63) is 34.4 Å². The summed E-state index contributed by atoms with van der Waals surface area (Å²) in [7, 11) is -3.87. The molecule has 1 saturated heterocycles. The summed E-state index contributed by atoms with van der Waals surface area (Å²) in [4.78, 5) is 14.4. The Hall–Kier alpha value is -2.46. The van der Waals surface area contributed by atoms with Crippen LogP contribution in [0.5, 0.6) is 0 Å². The number of quaternary nitrogens is 1. The lowest BCUT2D eigenvalue weighted by molar-refractivity contribution is -0.936. The van der Waals surface area contributed by atoms with Crippen molar-refractivity contribution in [2.45, 2.75) is 78.5 Å². The van der Waals surface area contributed by atoms with Gasteiger partial charge in [0.15, 0.2) is 6.29 Å². The standard InChI is InChI=1S/C23H40N7O7S/c1-4-30(5-2,6-3)18-20-16-28(26-25-20)12-9-15-38(33,34)36-19-21(37-22-10-7-8-14-35-22)17-27-13-11-24-23(27)29(31)32/h11,13,16,21-22H,4-10,12,14-15,17-19H2,1-3H3/q+1. The summed E-state index contributed by atoms with van der Waals surface area (Å²) in [6.45, 7) is 10.9. The minimum Gasteiger partial charge on any atom is -0.390 e. The number of ether oxygens (including phenoxy) is 2. The van der Waals surface area contributed by atoms with Crippen molar-refractivity contribution < 1.29 is 31.5 Å². The van der Waals surface area contributed by atoms with Gasteiger partial charge in [0.2, 0.25) is 0 Å². The second-order valence-electron chi connectivity index (χ2n) is 9.51. The van der Waals surface area contributed by atoms with Crippen LogP contribution in [-0.4, -0.2) is 93.4 Å². The second kappa shape index (κ2) is 14.1. The van der Waals surface area contributed by atoms with E-state index in [4.69, 9.17) is 13.7 Å². The Morgan fingerprint density at radius 3 is 2.68 bits per heavy atom. The predicted molar refractivity (Wildman–Crippen MR) is 137 cm³/mol. The number of nitrogens with zero attached hydrogens (tertiary/aromatic N) is 7. The quantitative estimate of drug-likeness (QED) is 0.122. The van der Waals surface area contributed by atoms with Crippen molar-refractivity contribution in [1.82, 2.24) is 24.5 Å². The van der Waals surface area contributed by atoms with Gasteiger partial charge in [0.1, 0.15) is 37.3 Å². The Bertz CT molecular complexity index is 1100. The molecule has 3 heterocycles. The van der Waals surface area contributed by atoms with E-state index in [-0.39, 0.29) is 24.9 Å². The number of aryl methyl sites for hydroxylation is 1. The third-order valence-electron chi connectivity index (χ3n) is 7.05. The highest BCUT2D eigenvalue weighted by Gasteiger charge is 2.27. The Morgan fingerprint density at radius 1 is 1.26 bits per heavy atom. The van der Waals surface area contributed by atoms with Crippen LogP contribution in [0.1, 0.15) is 52.1 Å². The lowest BCUT2D eigenvalue weighted by Crippen LogP contribution is -2.46. The zero-order valence-corrected chi connectivity index (χ0v) is 23.3. The van der Waals surface area contributed by atoms with Crippen molar-refractivity contribution in [1.29, 1.82) is 0 Å². The molecule has 1 aliphatic heterocycles. The molecule has 0 radical (unpaired) electrons. The summed E-state index contributed by atoms with van der Waals surface area (Å²) in [6.07, 6.45) is 6.11. The molecule has 0 N–H and O–H groups in total. The highest BCUT2D eigenvalue weighted by atomic mass is 32.2. The molecule has 214 valence electrons. The molecule has 0 spiro atoms. The van der Waals surface area contributed by atoms with Gasteiger partial charge in [-0.3, -0.25) is 8.86 Å². The van der Waals surface area contributed by atoms with E-state index in [9.17, 15) is 18.5 Å². The summed E-state index contributed by atoms with van der Waals surface area (Å²) in [6, 6.07) is 0. The van der Waals surface area contributed by atoms with E-state index in [1.165, 1.54) is 17.0 Å². The summed E-state index contributed by atoms with van der Waals surface area (Å²) in [5.41, 5.74) is 0.883. The van der Waals surface area contributed by atoms with E-state index in [0.29, 0.717) is 26.0 Å². The number of rotatable bonds is 17. The second-order valence-corrected chi connectivity index (χ2v) is 11.3. The van der Waals surface area contributed by atoms with Crippen LogP contribution in [-0.2, 0) is 43.4 Å². The molecule has 0 amide bonds. The van der Waals surface area contributed by atoms with Crippen molar-refractivity contribution in [3.8, 4) is 0 Å². The highest BCUT2D eigenvalue weighted by Crippen LogP contribution is 2.19. The summed E-state index contributed by atoms with van der Waals surface area (Å²) < 4.78 is 45.9. The normalized spacial score (nSPS) is 17.5. The number of nitro groups is 1. The van der Waals surface area contributed by atoms with E-state index in [0.717, 1.165) is 49.2 Å². The SMILES string of the molecule is CC[N+](CC)(CC)Cc1cn(CCCS(=O)(=O)OCC(Cn2ccnc2[N+](=O)[O-])OC2CCCCO2)nn1. The van der Waals surface area contributed by atoms with Gasteiger partial charge in [-0.15, -0.1) is 5.10 Å². The lowest BCUT2D eigenvalue weighted by atomic mass is 10.2.